The van der Waals surface area contributed by atoms with Gasteiger partial charge in [0.15, 0.2) is 0 Å². The Morgan fingerprint density at radius 2 is 2.11 bits per heavy atom. The van der Waals surface area contributed by atoms with E-state index >= 15 is 0 Å². The van der Waals surface area contributed by atoms with E-state index in [0.29, 0.717) is 10.7 Å². The molecule has 0 saturated carbocycles. The molecule has 1 unspecified atom stereocenters. The molecule has 2 rings (SSSR count). The summed E-state index contributed by atoms with van der Waals surface area (Å²) >= 11 is 5.80. The zero-order valence-electron chi connectivity index (χ0n) is 10.2. The van der Waals surface area contributed by atoms with Crippen molar-refractivity contribution in [1.82, 2.24) is 4.98 Å². The van der Waals surface area contributed by atoms with Crippen LogP contribution < -0.4 is 5.32 Å². The van der Waals surface area contributed by atoms with E-state index in [1.54, 1.807) is 36.5 Å². The summed E-state index contributed by atoms with van der Waals surface area (Å²) in [6.07, 6.45) is 1.58. The Morgan fingerprint density at radius 3 is 2.79 bits per heavy atom. The summed E-state index contributed by atoms with van der Waals surface area (Å²) in [4.78, 5) is 14.5. The van der Waals surface area contributed by atoms with Gasteiger partial charge in [-0.25, -0.2) is 4.98 Å². The molecule has 1 aromatic heterocycles. The second kappa shape index (κ2) is 5.67. The molecule has 1 aromatic carbocycles. The zero-order chi connectivity index (χ0) is 13.8. The fraction of sp³-hybridized carbons (Fsp3) is 0.154. The van der Waals surface area contributed by atoms with Crippen LogP contribution in [0.3, 0.4) is 0 Å². The Kier molecular flexibility index (Phi) is 3.97. The number of benzene rings is 1. The molecule has 0 amide bonds. The molecule has 1 atom stereocenters. The molecule has 1 heterocycles. The van der Waals surface area contributed by atoms with E-state index in [4.69, 9.17) is 11.6 Å². The average molecular weight is 278 g/mol. The maximum absolute atomic E-state index is 11.0. The molecule has 6 heteroatoms. The lowest BCUT2D eigenvalue weighted by Gasteiger charge is -2.15. The summed E-state index contributed by atoms with van der Waals surface area (Å²) in [5.41, 5.74) is 1.49. The van der Waals surface area contributed by atoms with Crippen LogP contribution >= 0.6 is 11.6 Å². The standard InChI is InChI=1S/C13H12ClN3O2/c1-9(16-10-6-7-15-13(14)8-10)11-4-2-3-5-12(11)17(18)19/h2-9H,1H3,(H,15,16). The predicted molar refractivity (Wildman–Crippen MR) is 74.4 cm³/mol. The average Bonchev–Trinajstić information content (AvgIpc) is 2.38. The number of pyridine rings is 1. The van der Waals surface area contributed by atoms with E-state index in [1.165, 1.54) is 6.07 Å². The maximum Gasteiger partial charge on any atom is 0.274 e. The summed E-state index contributed by atoms with van der Waals surface area (Å²) in [6, 6.07) is 9.88. The SMILES string of the molecule is CC(Nc1ccnc(Cl)c1)c1ccccc1[N+](=O)[O-]. The molecule has 19 heavy (non-hydrogen) atoms. The predicted octanol–water partition coefficient (Wildman–Crippen LogP) is 3.82. The van der Waals surface area contributed by atoms with Gasteiger partial charge in [-0.15, -0.1) is 0 Å². The normalized spacial score (nSPS) is 11.9. The number of halogens is 1. The van der Waals surface area contributed by atoms with Gasteiger partial charge < -0.3 is 5.32 Å². The number of nitrogens with one attached hydrogen (secondary N) is 1. The number of aromatic nitrogens is 1. The molecule has 0 spiro atoms. The van der Waals surface area contributed by atoms with E-state index in [1.807, 2.05) is 6.92 Å². The van der Waals surface area contributed by atoms with Crippen LogP contribution in [0.2, 0.25) is 5.15 Å². The fourth-order valence-electron chi connectivity index (χ4n) is 1.84. The van der Waals surface area contributed by atoms with Crippen LogP contribution in [0.5, 0.6) is 0 Å². The molecule has 2 aromatic rings. The van der Waals surface area contributed by atoms with Crippen molar-refractivity contribution in [2.75, 3.05) is 5.32 Å². The van der Waals surface area contributed by atoms with Crippen LogP contribution in [-0.4, -0.2) is 9.91 Å². The number of anilines is 1. The van der Waals surface area contributed by atoms with Gasteiger partial charge in [0.1, 0.15) is 5.15 Å². The second-order valence-electron chi connectivity index (χ2n) is 4.05. The highest BCUT2D eigenvalue weighted by Gasteiger charge is 2.17. The van der Waals surface area contributed by atoms with Gasteiger partial charge in [0, 0.05) is 18.0 Å². The van der Waals surface area contributed by atoms with Crippen molar-refractivity contribution in [1.29, 1.82) is 0 Å². The van der Waals surface area contributed by atoms with E-state index in [2.05, 4.69) is 10.3 Å². The third-order valence-corrected chi connectivity index (χ3v) is 2.92. The van der Waals surface area contributed by atoms with Crippen molar-refractivity contribution in [3.8, 4) is 0 Å². The summed E-state index contributed by atoms with van der Waals surface area (Å²) in [6.45, 7) is 1.86. The summed E-state index contributed by atoms with van der Waals surface area (Å²) in [5, 5.41) is 14.5. The largest absolute Gasteiger partial charge is 0.378 e. The van der Waals surface area contributed by atoms with Gasteiger partial charge in [-0.3, -0.25) is 10.1 Å². The van der Waals surface area contributed by atoms with Crippen LogP contribution in [0.1, 0.15) is 18.5 Å². The second-order valence-corrected chi connectivity index (χ2v) is 4.44. The Bertz CT molecular complexity index is 604. The molecule has 5 nitrogen and oxygen atoms in total. The van der Waals surface area contributed by atoms with E-state index in [9.17, 15) is 10.1 Å². The van der Waals surface area contributed by atoms with Gasteiger partial charge in [0.25, 0.3) is 5.69 Å². The van der Waals surface area contributed by atoms with Crippen LogP contribution in [0.4, 0.5) is 11.4 Å². The fourth-order valence-corrected chi connectivity index (χ4v) is 2.01. The summed E-state index contributed by atoms with van der Waals surface area (Å²) < 4.78 is 0. The lowest BCUT2D eigenvalue weighted by Crippen LogP contribution is -2.09. The number of nitrogens with zero attached hydrogens (tertiary/aromatic N) is 2. The third kappa shape index (κ3) is 3.20. The monoisotopic (exact) mass is 277 g/mol. The minimum Gasteiger partial charge on any atom is -0.378 e. The number of hydrogen-bond acceptors (Lipinski definition) is 4. The molecule has 0 saturated heterocycles. The Labute approximate surface area is 115 Å². The van der Waals surface area contributed by atoms with Crippen molar-refractivity contribution in [2.24, 2.45) is 0 Å². The molecule has 0 aliphatic rings. The number of para-hydroxylation sites is 1. The highest BCUT2D eigenvalue weighted by molar-refractivity contribution is 6.29. The van der Waals surface area contributed by atoms with E-state index < -0.39 is 0 Å². The minimum atomic E-state index is -0.382. The number of nitro benzene ring substituents is 1. The van der Waals surface area contributed by atoms with Crippen LogP contribution in [-0.2, 0) is 0 Å². The van der Waals surface area contributed by atoms with E-state index in [0.717, 1.165) is 5.69 Å². The van der Waals surface area contributed by atoms with Crippen LogP contribution in [0, 0.1) is 10.1 Å². The molecule has 1 N–H and O–H groups in total. The number of rotatable bonds is 4. The Balaban J connectivity index is 2.25. The third-order valence-electron chi connectivity index (χ3n) is 2.71. The van der Waals surface area contributed by atoms with Crippen LogP contribution in [0.15, 0.2) is 42.6 Å². The maximum atomic E-state index is 11.0. The molecular weight excluding hydrogens is 266 g/mol. The van der Waals surface area contributed by atoms with Gasteiger partial charge in [-0.1, -0.05) is 29.8 Å². The van der Waals surface area contributed by atoms with Gasteiger partial charge in [-0.2, -0.15) is 0 Å². The smallest absolute Gasteiger partial charge is 0.274 e. The minimum absolute atomic E-state index is 0.0997. The molecule has 0 aliphatic heterocycles. The first kappa shape index (κ1) is 13.3. The van der Waals surface area contributed by atoms with E-state index in [-0.39, 0.29) is 16.7 Å². The molecule has 98 valence electrons. The number of hydrogen-bond donors (Lipinski definition) is 1. The van der Waals surface area contributed by atoms with Gasteiger partial charge in [-0.05, 0) is 19.1 Å². The van der Waals surface area contributed by atoms with Gasteiger partial charge in [0.2, 0.25) is 0 Å². The van der Waals surface area contributed by atoms with Crippen molar-refractivity contribution in [3.63, 3.8) is 0 Å². The van der Waals surface area contributed by atoms with Crippen molar-refractivity contribution >= 4 is 23.0 Å². The Morgan fingerprint density at radius 1 is 1.37 bits per heavy atom. The first-order valence-corrected chi connectivity index (χ1v) is 6.07. The lowest BCUT2D eigenvalue weighted by atomic mass is 10.1. The quantitative estimate of drug-likeness (QED) is 0.524. The van der Waals surface area contributed by atoms with Crippen molar-refractivity contribution < 1.29 is 4.92 Å². The molecule has 0 fully saturated rings. The molecular formula is C13H12ClN3O2. The summed E-state index contributed by atoms with van der Waals surface area (Å²) in [7, 11) is 0. The Hall–Kier alpha value is -2.14. The van der Waals surface area contributed by atoms with Crippen molar-refractivity contribution in [3.05, 3.63) is 63.4 Å². The van der Waals surface area contributed by atoms with Crippen LogP contribution in [0.25, 0.3) is 0 Å². The first-order valence-electron chi connectivity index (χ1n) is 5.69. The molecule has 0 aliphatic carbocycles. The number of nitro groups is 1. The van der Waals surface area contributed by atoms with Gasteiger partial charge >= 0.3 is 0 Å². The highest BCUT2D eigenvalue weighted by atomic mass is 35.5. The van der Waals surface area contributed by atoms with Crippen molar-refractivity contribution in [2.45, 2.75) is 13.0 Å². The first-order chi connectivity index (χ1) is 9.08. The molecule has 0 radical (unpaired) electrons. The highest BCUT2D eigenvalue weighted by Crippen LogP contribution is 2.27. The topological polar surface area (TPSA) is 68.1 Å². The zero-order valence-corrected chi connectivity index (χ0v) is 11.0. The summed E-state index contributed by atoms with van der Waals surface area (Å²) in [5.74, 6) is 0. The van der Waals surface area contributed by atoms with Gasteiger partial charge in [0.05, 0.1) is 16.5 Å². The lowest BCUT2D eigenvalue weighted by molar-refractivity contribution is -0.385. The molecule has 0 bridgehead atoms.